The summed E-state index contributed by atoms with van der Waals surface area (Å²) in [4.78, 5) is 27.6. The molecule has 0 aliphatic carbocycles. The molecule has 158 valence electrons. The van der Waals surface area contributed by atoms with Gasteiger partial charge in [-0.1, -0.05) is 18.0 Å². The summed E-state index contributed by atoms with van der Waals surface area (Å²) in [5.41, 5.74) is 3.50. The predicted molar refractivity (Wildman–Crippen MR) is 116 cm³/mol. The van der Waals surface area contributed by atoms with Gasteiger partial charge in [-0.2, -0.15) is 4.98 Å². The molecular formula is C23H24N6O2. The fourth-order valence-corrected chi connectivity index (χ4v) is 4.03. The molecule has 1 aliphatic heterocycles. The molecule has 4 heterocycles. The zero-order valence-electron chi connectivity index (χ0n) is 17.3. The lowest BCUT2D eigenvalue weighted by atomic mass is 10.2. The first-order valence-electron chi connectivity index (χ1n) is 10.7. The van der Waals surface area contributed by atoms with Crippen molar-refractivity contribution in [2.45, 2.75) is 38.6 Å². The van der Waals surface area contributed by atoms with E-state index in [2.05, 4.69) is 20.1 Å². The van der Waals surface area contributed by atoms with Crippen molar-refractivity contribution in [3.05, 3.63) is 49.1 Å². The van der Waals surface area contributed by atoms with Gasteiger partial charge < -0.3 is 14.0 Å². The van der Waals surface area contributed by atoms with Gasteiger partial charge in [0, 0.05) is 49.6 Å². The third kappa shape index (κ3) is 4.19. The van der Waals surface area contributed by atoms with Gasteiger partial charge >= 0.3 is 0 Å². The third-order valence-corrected chi connectivity index (χ3v) is 5.76. The second-order valence-corrected chi connectivity index (χ2v) is 7.85. The molecule has 0 unspecified atom stereocenters. The van der Waals surface area contributed by atoms with Crippen molar-refractivity contribution < 1.29 is 9.32 Å². The van der Waals surface area contributed by atoms with Crippen molar-refractivity contribution in [2.24, 2.45) is 0 Å². The molecule has 3 aromatic heterocycles. The Labute approximate surface area is 179 Å². The van der Waals surface area contributed by atoms with Crippen LogP contribution in [0.3, 0.4) is 0 Å². The van der Waals surface area contributed by atoms with Crippen LogP contribution in [0, 0.1) is 0 Å². The van der Waals surface area contributed by atoms with Gasteiger partial charge in [-0.25, -0.2) is 4.98 Å². The highest BCUT2D eigenvalue weighted by atomic mass is 16.5. The lowest BCUT2D eigenvalue weighted by molar-refractivity contribution is -0.131. The smallest absolute Gasteiger partial charge is 0.258 e. The monoisotopic (exact) mass is 416 g/mol. The van der Waals surface area contributed by atoms with Gasteiger partial charge in [0.2, 0.25) is 11.7 Å². The summed E-state index contributed by atoms with van der Waals surface area (Å²) in [7, 11) is 0. The first-order valence-corrected chi connectivity index (χ1v) is 10.7. The number of hydrogen-bond acceptors (Lipinski definition) is 6. The van der Waals surface area contributed by atoms with Crippen molar-refractivity contribution in [1.29, 1.82) is 0 Å². The van der Waals surface area contributed by atoms with Crippen LogP contribution >= 0.6 is 0 Å². The summed E-state index contributed by atoms with van der Waals surface area (Å²) < 4.78 is 7.43. The summed E-state index contributed by atoms with van der Waals surface area (Å²) in [5, 5.41) is 4.10. The van der Waals surface area contributed by atoms with Crippen molar-refractivity contribution >= 4 is 16.9 Å². The van der Waals surface area contributed by atoms with Crippen molar-refractivity contribution in [3.63, 3.8) is 0 Å². The molecule has 1 fully saturated rings. The Kier molecular flexibility index (Phi) is 5.43. The first kappa shape index (κ1) is 19.4. The number of carbonyl (C=O) groups excluding carboxylic acids is 1. The van der Waals surface area contributed by atoms with Crippen LogP contribution in [0.4, 0.5) is 0 Å². The highest BCUT2D eigenvalue weighted by Crippen LogP contribution is 2.25. The molecule has 1 aromatic carbocycles. The Morgan fingerprint density at radius 1 is 1.00 bits per heavy atom. The Morgan fingerprint density at radius 3 is 2.61 bits per heavy atom. The lowest BCUT2D eigenvalue weighted by Crippen LogP contribution is -2.32. The normalized spacial score (nSPS) is 14.6. The molecular weight excluding hydrogens is 392 g/mol. The molecule has 0 saturated carbocycles. The van der Waals surface area contributed by atoms with Crippen LogP contribution in [-0.2, 0) is 11.3 Å². The number of fused-ring (bicyclic) bond motifs is 1. The number of nitrogens with zero attached hydrogens (tertiary/aromatic N) is 6. The maximum atomic E-state index is 12.6. The Hall–Kier alpha value is -3.55. The number of carbonyl (C=O) groups is 1. The van der Waals surface area contributed by atoms with Crippen LogP contribution < -0.4 is 0 Å². The zero-order valence-corrected chi connectivity index (χ0v) is 17.3. The van der Waals surface area contributed by atoms with E-state index in [1.807, 2.05) is 39.8 Å². The number of aryl methyl sites for hydroxylation is 1. The molecule has 0 atom stereocenters. The maximum absolute atomic E-state index is 12.6. The van der Waals surface area contributed by atoms with Crippen molar-refractivity contribution in [2.75, 3.05) is 13.1 Å². The Bertz CT molecular complexity index is 1180. The highest BCUT2D eigenvalue weighted by molar-refractivity contribution is 5.81. The minimum atomic E-state index is 0.232. The largest absolute Gasteiger partial charge is 0.343 e. The number of aromatic nitrogens is 5. The van der Waals surface area contributed by atoms with E-state index >= 15 is 0 Å². The topological polar surface area (TPSA) is 89.9 Å². The van der Waals surface area contributed by atoms with E-state index in [1.165, 1.54) is 12.8 Å². The minimum Gasteiger partial charge on any atom is -0.343 e. The molecule has 0 bridgehead atoms. The first-order chi connectivity index (χ1) is 15.3. The van der Waals surface area contributed by atoms with E-state index in [1.54, 1.807) is 18.7 Å². The molecule has 8 heteroatoms. The number of likely N-dealkylation sites (tertiary alicyclic amines) is 1. The van der Waals surface area contributed by atoms with E-state index in [0.29, 0.717) is 24.7 Å². The van der Waals surface area contributed by atoms with Crippen LogP contribution in [0.25, 0.3) is 33.9 Å². The van der Waals surface area contributed by atoms with Gasteiger partial charge in [0.05, 0.1) is 17.4 Å². The molecule has 1 amide bonds. The number of imidazole rings is 1. The van der Waals surface area contributed by atoms with Crippen molar-refractivity contribution in [3.8, 4) is 22.8 Å². The fourth-order valence-electron chi connectivity index (χ4n) is 4.03. The summed E-state index contributed by atoms with van der Waals surface area (Å²) in [6.07, 6.45) is 10.3. The molecule has 5 rings (SSSR count). The molecule has 0 radical (unpaired) electrons. The molecule has 1 aliphatic rings. The average Bonchev–Trinajstić information content (AvgIpc) is 3.37. The summed E-state index contributed by atoms with van der Waals surface area (Å²) in [6, 6.07) is 9.56. The van der Waals surface area contributed by atoms with Gasteiger partial charge in [-0.05, 0) is 43.2 Å². The van der Waals surface area contributed by atoms with Gasteiger partial charge in [-0.3, -0.25) is 9.78 Å². The van der Waals surface area contributed by atoms with E-state index in [-0.39, 0.29) is 5.91 Å². The van der Waals surface area contributed by atoms with Crippen LogP contribution in [0.2, 0.25) is 0 Å². The van der Waals surface area contributed by atoms with Crippen LogP contribution in [0.1, 0.15) is 32.1 Å². The molecule has 1 saturated heterocycles. The van der Waals surface area contributed by atoms with Gasteiger partial charge in [0.15, 0.2) is 0 Å². The fraction of sp³-hybridized carbons (Fsp3) is 0.348. The van der Waals surface area contributed by atoms with E-state index in [0.717, 1.165) is 48.1 Å². The quantitative estimate of drug-likeness (QED) is 0.489. The molecule has 0 N–H and O–H groups in total. The van der Waals surface area contributed by atoms with Gasteiger partial charge in [-0.15, -0.1) is 0 Å². The van der Waals surface area contributed by atoms with E-state index < -0.39 is 0 Å². The van der Waals surface area contributed by atoms with Gasteiger partial charge in [0.25, 0.3) is 5.89 Å². The summed E-state index contributed by atoms with van der Waals surface area (Å²) in [6.45, 7) is 2.40. The predicted octanol–water partition coefficient (Wildman–Crippen LogP) is 3.94. The maximum Gasteiger partial charge on any atom is 0.258 e. The van der Waals surface area contributed by atoms with Crippen molar-refractivity contribution in [1.82, 2.24) is 29.6 Å². The lowest BCUT2D eigenvalue weighted by Gasteiger charge is -2.20. The second-order valence-electron chi connectivity index (χ2n) is 7.85. The SMILES string of the molecule is O=C(CCn1cnc2cc(-c3noc(-c4ccncc4)n3)ccc21)N1CCCCCC1. The standard InChI is InChI=1S/C23H24N6O2/c30-21(28-12-3-1-2-4-13-28)9-14-29-16-25-19-15-18(5-6-20(19)29)22-26-23(31-27-22)17-7-10-24-11-8-17/h5-8,10-11,15-16H,1-4,9,12-14H2. The van der Waals surface area contributed by atoms with Crippen LogP contribution in [-0.4, -0.2) is 48.6 Å². The number of amides is 1. The third-order valence-electron chi connectivity index (χ3n) is 5.76. The number of hydrogen-bond donors (Lipinski definition) is 0. The Balaban J connectivity index is 1.30. The highest BCUT2D eigenvalue weighted by Gasteiger charge is 2.16. The summed E-state index contributed by atoms with van der Waals surface area (Å²) >= 11 is 0. The molecule has 4 aromatic rings. The average molecular weight is 416 g/mol. The van der Waals surface area contributed by atoms with Crippen LogP contribution in [0.5, 0.6) is 0 Å². The minimum absolute atomic E-state index is 0.232. The second kappa shape index (κ2) is 8.67. The van der Waals surface area contributed by atoms with E-state index in [9.17, 15) is 4.79 Å². The molecule has 8 nitrogen and oxygen atoms in total. The molecule has 31 heavy (non-hydrogen) atoms. The van der Waals surface area contributed by atoms with E-state index in [4.69, 9.17) is 4.52 Å². The number of rotatable bonds is 5. The summed E-state index contributed by atoms with van der Waals surface area (Å²) in [5.74, 6) is 1.20. The zero-order chi connectivity index (χ0) is 21.0. The number of pyridine rings is 1. The Morgan fingerprint density at radius 2 is 1.81 bits per heavy atom. The van der Waals surface area contributed by atoms with Crippen LogP contribution in [0.15, 0.2) is 53.6 Å². The number of benzene rings is 1. The molecule has 0 spiro atoms. The van der Waals surface area contributed by atoms with Gasteiger partial charge in [0.1, 0.15) is 0 Å².